The van der Waals surface area contributed by atoms with Gasteiger partial charge in [0.25, 0.3) is 10.0 Å². The van der Waals surface area contributed by atoms with Crippen LogP contribution in [0.4, 0.5) is 13.2 Å². The minimum absolute atomic E-state index is 0.0536. The van der Waals surface area contributed by atoms with E-state index in [-0.39, 0.29) is 16.4 Å². The second-order valence-electron chi connectivity index (χ2n) is 5.03. The molecule has 11 heteroatoms. The summed E-state index contributed by atoms with van der Waals surface area (Å²) in [4.78, 5) is 7.61. The summed E-state index contributed by atoms with van der Waals surface area (Å²) in [5.41, 5.74) is -0.285. The van der Waals surface area contributed by atoms with Gasteiger partial charge in [-0.3, -0.25) is 4.40 Å². The van der Waals surface area contributed by atoms with Gasteiger partial charge in [0.15, 0.2) is 5.03 Å². The molecule has 3 aromatic rings. The van der Waals surface area contributed by atoms with Crippen LogP contribution in [0.5, 0.6) is 0 Å². The molecule has 0 saturated carbocycles. The Balaban J connectivity index is 2.02. The van der Waals surface area contributed by atoms with Crippen LogP contribution in [0.1, 0.15) is 11.6 Å². The smallest absolute Gasteiger partial charge is 0.273 e. The number of fused-ring (bicyclic) bond motifs is 1. The van der Waals surface area contributed by atoms with Gasteiger partial charge in [0.1, 0.15) is 6.04 Å². The van der Waals surface area contributed by atoms with Crippen LogP contribution in [-0.2, 0) is 10.0 Å². The minimum Gasteiger partial charge on any atom is -0.273 e. The molecule has 25 heavy (non-hydrogen) atoms. The molecule has 6 nitrogen and oxygen atoms in total. The number of nitrogens with one attached hydrogen (secondary N) is 1. The third-order valence-electron chi connectivity index (χ3n) is 3.33. The largest absolute Gasteiger partial charge is 0.408 e. The molecule has 0 fully saturated rings. The third kappa shape index (κ3) is 3.60. The fourth-order valence-corrected chi connectivity index (χ4v) is 3.62. The molecule has 2 aromatic heterocycles. The predicted octanol–water partition coefficient (Wildman–Crippen LogP) is 2.96. The number of benzene rings is 1. The number of alkyl halides is 3. The number of imidazole rings is 1. The molecule has 0 aliphatic carbocycles. The van der Waals surface area contributed by atoms with Crippen LogP contribution in [0, 0.1) is 0 Å². The highest BCUT2D eigenvalue weighted by molar-refractivity contribution is 7.89. The maximum Gasteiger partial charge on any atom is 0.408 e. The summed E-state index contributed by atoms with van der Waals surface area (Å²) in [6.07, 6.45) is -1.17. The number of sulfonamides is 1. The Hall–Kier alpha value is -2.17. The third-order valence-corrected chi connectivity index (χ3v) is 4.98. The van der Waals surface area contributed by atoms with Gasteiger partial charge in [-0.25, -0.2) is 18.4 Å². The highest BCUT2D eigenvalue weighted by Gasteiger charge is 2.44. The van der Waals surface area contributed by atoms with E-state index in [2.05, 4.69) is 9.97 Å². The van der Waals surface area contributed by atoms with Crippen LogP contribution >= 0.6 is 11.6 Å². The zero-order valence-electron chi connectivity index (χ0n) is 12.3. The summed E-state index contributed by atoms with van der Waals surface area (Å²) in [7, 11) is -4.53. The van der Waals surface area contributed by atoms with E-state index in [1.165, 1.54) is 30.6 Å². The van der Waals surface area contributed by atoms with E-state index in [9.17, 15) is 21.6 Å². The molecule has 3 rings (SSSR count). The van der Waals surface area contributed by atoms with E-state index in [0.717, 1.165) is 22.7 Å². The number of aromatic nitrogens is 3. The summed E-state index contributed by atoms with van der Waals surface area (Å²) in [5, 5.41) is -0.209. The van der Waals surface area contributed by atoms with E-state index >= 15 is 0 Å². The Morgan fingerprint density at radius 2 is 1.84 bits per heavy atom. The van der Waals surface area contributed by atoms with E-state index in [1.54, 1.807) is 4.72 Å². The van der Waals surface area contributed by atoms with Crippen molar-refractivity contribution in [3.8, 4) is 0 Å². The lowest BCUT2D eigenvalue weighted by molar-refractivity contribution is -0.153. The van der Waals surface area contributed by atoms with Crippen molar-refractivity contribution >= 4 is 27.4 Å². The molecule has 0 spiro atoms. The van der Waals surface area contributed by atoms with Crippen LogP contribution in [0.3, 0.4) is 0 Å². The lowest BCUT2D eigenvalue weighted by atomic mass is 10.1. The topological polar surface area (TPSA) is 76.4 Å². The van der Waals surface area contributed by atoms with Crippen LogP contribution in [-0.4, -0.2) is 29.0 Å². The number of hydrogen-bond acceptors (Lipinski definition) is 4. The fourth-order valence-electron chi connectivity index (χ4n) is 2.20. The monoisotopic (exact) mass is 390 g/mol. The summed E-state index contributed by atoms with van der Waals surface area (Å²) in [6.45, 7) is 0. The molecule has 0 amide bonds. The molecule has 0 unspecified atom stereocenters. The molecule has 1 aromatic carbocycles. The summed E-state index contributed by atoms with van der Waals surface area (Å²) in [5.74, 6) is 0.0536. The Morgan fingerprint density at radius 1 is 1.16 bits per heavy atom. The van der Waals surface area contributed by atoms with Gasteiger partial charge in [-0.15, -0.1) is 0 Å². The molecule has 0 aliphatic heterocycles. The van der Waals surface area contributed by atoms with Gasteiger partial charge in [0.2, 0.25) is 5.78 Å². The SMILES string of the molecule is O=S(=O)(N[C@H](c1ccc(Cl)cc1)C(F)(F)F)c1cnc2ncccn12. The highest BCUT2D eigenvalue weighted by atomic mass is 35.5. The zero-order chi connectivity index (χ0) is 18.2. The highest BCUT2D eigenvalue weighted by Crippen LogP contribution is 2.34. The first kappa shape index (κ1) is 17.6. The summed E-state index contributed by atoms with van der Waals surface area (Å²) in [6, 6.07) is 3.73. The summed E-state index contributed by atoms with van der Waals surface area (Å²) >= 11 is 5.67. The lowest BCUT2D eigenvalue weighted by Crippen LogP contribution is -2.38. The first-order valence-corrected chi connectivity index (χ1v) is 8.67. The van der Waals surface area contributed by atoms with E-state index < -0.39 is 27.3 Å². The molecule has 132 valence electrons. The van der Waals surface area contributed by atoms with E-state index in [0.29, 0.717) is 0 Å². The first-order chi connectivity index (χ1) is 11.7. The Bertz CT molecular complexity index is 1000. The Kier molecular flexibility index (Phi) is 4.43. The summed E-state index contributed by atoms with van der Waals surface area (Å²) < 4.78 is 67.9. The molecular formula is C14H10ClF3N4O2S. The van der Waals surface area contributed by atoms with Crippen LogP contribution in [0.2, 0.25) is 5.02 Å². The zero-order valence-corrected chi connectivity index (χ0v) is 13.8. The van der Waals surface area contributed by atoms with Crippen molar-refractivity contribution in [2.45, 2.75) is 17.2 Å². The molecule has 1 N–H and O–H groups in total. The molecule has 0 bridgehead atoms. The average Bonchev–Trinajstić information content (AvgIpc) is 2.97. The number of rotatable bonds is 4. The minimum atomic E-state index is -4.85. The average molecular weight is 391 g/mol. The van der Waals surface area contributed by atoms with E-state index in [1.807, 2.05) is 0 Å². The fraction of sp³-hybridized carbons (Fsp3) is 0.143. The van der Waals surface area contributed by atoms with Crippen LogP contribution < -0.4 is 4.72 Å². The number of halogens is 4. The molecule has 0 aliphatic rings. The van der Waals surface area contributed by atoms with Gasteiger partial charge in [-0.2, -0.15) is 17.9 Å². The van der Waals surface area contributed by atoms with Crippen molar-refractivity contribution in [2.75, 3.05) is 0 Å². The van der Waals surface area contributed by atoms with Gasteiger partial charge < -0.3 is 0 Å². The van der Waals surface area contributed by atoms with Crippen molar-refractivity contribution in [1.82, 2.24) is 19.1 Å². The lowest BCUT2D eigenvalue weighted by Gasteiger charge is -2.21. The van der Waals surface area contributed by atoms with Gasteiger partial charge >= 0.3 is 6.18 Å². The van der Waals surface area contributed by atoms with Gasteiger partial charge in [0.05, 0.1) is 6.20 Å². The van der Waals surface area contributed by atoms with Gasteiger partial charge in [-0.05, 0) is 23.8 Å². The second kappa shape index (κ2) is 6.28. The van der Waals surface area contributed by atoms with Crippen LogP contribution in [0.25, 0.3) is 5.78 Å². The molecular weight excluding hydrogens is 381 g/mol. The first-order valence-electron chi connectivity index (χ1n) is 6.81. The standard InChI is InChI=1S/C14H10ClF3N4O2S/c15-10-4-2-9(3-5-10)12(14(16,17)18)21-25(23,24)11-8-20-13-19-6-1-7-22(11)13/h1-8,12,21H/t12-/m1/s1. The van der Waals surface area contributed by atoms with Gasteiger partial charge in [0, 0.05) is 17.4 Å². The van der Waals surface area contributed by atoms with Crippen LogP contribution in [0.15, 0.2) is 53.9 Å². The van der Waals surface area contributed by atoms with Gasteiger partial charge in [-0.1, -0.05) is 23.7 Å². The Morgan fingerprint density at radius 3 is 2.48 bits per heavy atom. The molecule has 1 atom stereocenters. The molecule has 0 radical (unpaired) electrons. The van der Waals surface area contributed by atoms with Crippen molar-refractivity contribution in [3.05, 3.63) is 59.5 Å². The van der Waals surface area contributed by atoms with Crippen molar-refractivity contribution in [2.24, 2.45) is 0 Å². The maximum absolute atomic E-state index is 13.4. The number of hydrogen-bond donors (Lipinski definition) is 1. The van der Waals surface area contributed by atoms with E-state index in [4.69, 9.17) is 11.6 Å². The molecule has 2 heterocycles. The Labute approximate surface area is 145 Å². The number of nitrogens with zero attached hydrogens (tertiary/aromatic N) is 3. The molecule has 0 saturated heterocycles. The predicted molar refractivity (Wildman–Crippen MR) is 83.6 cm³/mol. The second-order valence-corrected chi connectivity index (χ2v) is 7.13. The maximum atomic E-state index is 13.4. The normalized spacial score (nSPS) is 13.9. The quantitative estimate of drug-likeness (QED) is 0.743. The van der Waals surface area contributed by atoms with Crippen molar-refractivity contribution in [1.29, 1.82) is 0 Å². The van der Waals surface area contributed by atoms with Crippen molar-refractivity contribution in [3.63, 3.8) is 0 Å². The van der Waals surface area contributed by atoms with Crippen molar-refractivity contribution < 1.29 is 21.6 Å².